The standard InChI is InChI=1S/C20H27N3O2/c1-3-25-18-12-17(20(18)10-6-7-11-20)22(2)19(24)14-23-16-9-5-4-8-15(16)13-21-23/h4-5,8-9,13,17-18H,3,6-7,10-12,14H2,1-2H3/t17-,18+/m0/s1. The van der Waals surface area contributed by atoms with Crippen molar-refractivity contribution in [3.63, 3.8) is 0 Å². The molecule has 0 radical (unpaired) electrons. The maximum absolute atomic E-state index is 12.9. The molecule has 0 N–H and O–H groups in total. The van der Waals surface area contributed by atoms with E-state index in [1.165, 1.54) is 25.7 Å². The van der Waals surface area contributed by atoms with Gasteiger partial charge in [0.25, 0.3) is 0 Å². The fourth-order valence-corrected chi connectivity index (χ4v) is 4.96. The van der Waals surface area contributed by atoms with Crippen molar-refractivity contribution in [2.24, 2.45) is 5.41 Å². The average Bonchev–Trinajstić information content (AvgIpc) is 3.27. The number of carbonyl (C=O) groups is 1. The van der Waals surface area contributed by atoms with Crippen molar-refractivity contribution < 1.29 is 9.53 Å². The van der Waals surface area contributed by atoms with E-state index in [2.05, 4.69) is 12.0 Å². The number of nitrogens with zero attached hydrogens (tertiary/aromatic N) is 3. The molecule has 1 heterocycles. The lowest BCUT2D eigenvalue weighted by Gasteiger charge is -2.57. The zero-order valence-electron chi connectivity index (χ0n) is 15.1. The molecule has 2 aliphatic rings. The number of fused-ring (bicyclic) bond motifs is 1. The van der Waals surface area contributed by atoms with Crippen LogP contribution in [0.2, 0.25) is 0 Å². The molecule has 2 aromatic rings. The Hall–Kier alpha value is -1.88. The third kappa shape index (κ3) is 2.65. The molecule has 134 valence electrons. The third-order valence-electron chi connectivity index (χ3n) is 6.34. The Morgan fingerprint density at radius 2 is 2.12 bits per heavy atom. The molecule has 2 aliphatic carbocycles. The van der Waals surface area contributed by atoms with Gasteiger partial charge in [-0.2, -0.15) is 5.10 Å². The van der Waals surface area contributed by atoms with Crippen molar-refractivity contribution in [3.8, 4) is 0 Å². The summed E-state index contributed by atoms with van der Waals surface area (Å²) in [7, 11) is 1.96. The maximum Gasteiger partial charge on any atom is 0.244 e. The zero-order chi connectivity index (χ0) is 17.4. The van der Waals surface area contributed by atoms with Crippen molar-refractivity contribution >= 4 is 16.8 Å². The summed E-state index contributed by atoms with van der Waals surface area (Å²) in [6.45, 7) is 3.12. The van der Waals surface area contributed by atoms with Gasteiger partial charge in [0.1, 0.15) is 6.54 Å². The highest BCUT2D eigenvalue weighted by molar-refractivity contribution is 5.82. The van der Waals surface area contributed by atoms with Gasteiger partial charge in [-0.3, -0.25) is 9.48 Å². The van der Waals surface area contributed by atoms with E-state index < -0.39 is 0 Å². The Balaban J connectivity index is 1.49. The smallest absolute Gasteiger partial charge is 0.244 e. The maximum atomic E-state index is 12.9. The molecule has 4 rings (SSSR count). The molecule has 5 nitrogen and oxygen atoms in total. The zero-order valence-corrected chi connectivity index (χ0v) is 15.1. The number of ether oxygens (including phenoxy) is 1. The van der Waals surface area contributed by atoms with Gasteiger partial charge in [-0.15, -0.1) is 0 Å². The molecule has 2 atom stereocenters. The molecule has 0 bridgehead atoms. The largest absolute Gasteiger partial charge is 0.378 e. The highest BCUT2D eigenvalue weighted by Crippen LogP contribution is 2.56. The van der Waals surface area contributed by atoms with Crippen LogP contribution in [0.15, 0.2) is 30.5 Å². The van der Waals surface area contributed by atoms with Crippen molar-refractivity contribution in [2.45, 2.75) is 57.7 Å². The van der Waals surface area contributed by atoms with Crippen molar-refractivity contribution in [3.05, 3.63) is 30.5 Å². The van der Waals surface area contributed by atoms with Gasteiger partial charge in [0, 0.05) is 30.5 Å². The van der Waals surface area contributed by atoms with E-state index in [9.17, 15) is 4.79 Å². The van der Waals surface area contributed by atoms with Crippen molar-refractivity contribution in [1.29, 1.82) is 0 Å². The van der Waals surface area contributed by atoms with E-state index in [0.717, 1.165) is 23.9 Å². The first-order valence-corrected chi connectivity index (χ1v) is 9.43. The lowest BCUT2D eigenvalue weighted by atomic mass is 9.60. The first-order chi connectivity index (χ1) is 12.2. The van der Waals surface area contributed by atoms with E-state index in [0.29, 0.717) is 18.7 Å². The van der Waals surface area contributed by atoms with Crippen LogP contribution in [0.5, 0.6) is 0 Å². The second-order valence-corrected chi connectivity index (χ2v) is 7.50. The summed E-state index contributed by atoms with van der Waals surface area (Å²) in [5.74, 6) is 0.139. The van der Waals surface area contributed by atoms with Crippen LogP contribution >= 0.6 is 0 Å². The summed E-state index contributed by atoms with van der Waals surface area (Å²) < 4.78 is 7.80. The van der Waals surface area contributed by atoms with Crippen LogP contribution < -0.4 is 0 Å². The van der Waals surface area contributed by atoms with Crippen LogP contribution in [-0.4, -0.2) is 46.4 Å². The highest BCUT2D eigenvalue weighted by Gasteiger charge is 2.58. The minimum atomic E-state index is 0.139. The number of hydrogen-bond acceptors (Lipinski definition) is 3. The van der Waals surface area contributed by atoms with Crippen LogP contribution in [0.1, 0.15) is 39.0 Å². The van der Waals surface area contributed by atoms with Crippen molar-refractivity contribution in [2.75, 3.05) is 13.7 Å². The Bertz CT molecular complexity index is 763. The van der Waals surface area contributed by atoms with Crippen LogP contribution in [-0.2, 0) is 16.1 Å². The van der Waals surface area contributed by atoms with Gasteiger partial charge in [0.2, 0.25) is 5.91 Å². The minimum absolute atomic E-state index is 0.139. The number of likely N-dealkylation sites (N-methyl/N-ethyl adjacent to an activating group) is 1. The molecule has 5 heteroatoms. The molecule has 1 amide bonds. The summed E-state index contributed by atoms with van der Waals surface area (Å²) >= 11 is 0. The number of hydrogen-bond donors (Lipinski definition) is 0. The second-order valence-electron chi connectivity index (χ2n) is 7.50. The van der Waals surface area contributed by atoms with E-state index >= 15 is 0 Å². The molecule has 1 aromatic carbocycles. The van der Waals surface area contributed by atoms with E-state index in [-0.39, 0.29) is 11.3 Å². The normalized spacial score (nSPS) is 24.6. The topological polar surface area (TPSA) is 47.4 Å². The van der Waals surface area contributed by atoms with Gasteiger partial charge in [-0.05, 0) is 32.3 Å². The van der Waals surface area contributed by atoms with Gasteiger partial charge in [0.05, 0.1) is 17.8 Å². The molecular formula is C20H27N3O2. The fraction of sp³-hybridized carbons (Fsp3) is 0.600. The third-order valence-corrected chi connectivity index (χ3v) is 6.34. The molecule has 0 saturated heterocycles. The Morgan fingerprint density at radius 1 is 1.36 bits per heavy atom. The molecular weight excluding hydrogens is 314 g/mol. The van der Waals surface area contributed by atoms with Crippen molar-refractivity contribution in [1.82, 2.24) is 14.7 Å². The monoisotopic (exact) mass is 341 g/mol. The summed E-state index contributed by atoms with van der Waals surface area (Å²) in [5, 5.41) is 5.47. The number of aromatic nitrogens is 2. The SMILES string of the molecule is CCO[C@@H]1C[C@H](N(C)C(=O)Cn2ncc3ccccc32)C12CCCC2. The van der Waals surface area contributed by atoms with Crippen LogP contribution in [0.3, 0.4) is 0 Å². The molecule has 1 aromatic heterocycles. The quantitative estimate of drug-likeness (QED) is 0.839. The lowest BCUT2D eigenvalue weighted by Crippen LogP contribution is -2.64. The van der Waals surface area contributed by atoms with Gasteiger partial charge < -0.3 is 9.64 Å². The van der Waals surface area contributed by atoms with Gasteiger partial charge >= 0.3 is 0 Å². The number of amides is 1. The Morgan fingerprint density at radius 3 is 2.88 bits per heavy atom. The first kappa shape index (κ1) is 16.6. The van der Waals surface area contributed by atoms with Crippen LogP contribution in [0.25, 0.3) is 10.9 Å². The Kier molecular flexibility index (Phi) is 4.28. The van der Waals surface area contributed by atoms with E-state index in [4.69, 9.17) is 4.74 Å². The number of rotatable bonds is 5. The van der Waals surface area contributed by atoms with Crippen LogP contribution in [0.4, 0.5) is 0 Å². The number of para-hydroxylation sites is 1. The second kappa shape index (κ2) is 6.45. The van der Waals surface area contributed by atoms with Gasteiger partial charge in [-0.25, -0.2) is 0 Å². The van der Waals surface area contributed by atoms with Gasteiger partial charge in [0.15, 0.2) is 0 Å². The summed E-state index contributed by atoms with van der Waals surface area (Å²) in [4.78, 5) is 14.9. The fourth-order valence-electron chi connectivity index (χ4n) is 4.96. The summed E-state index contributed by atoms with van der Waals surface area (Å²) in [5.41, 5.74) is 1.20. The van der Waals surface area contributed by atoms with Crippen LogP contribution in [0, 0.1) is 5.41 Å². The van der Waals surface area contributed by atoms with E-state index in [1.54, 1.807) is 0 Å². The lowest BCUT2D eigenvalue weighted by molar-refractivity contribution is -0.172. The highest BCUT2D eigenvalue weighted by atomic mass is 16.5. The minimum Gasteiger partial charge on any atom is -0.378 e. The molecule has 2 fully saturated rings. The predicted molar refractivity (Wildman–Crippen MR) is 97.2 cm³/mol. The molecule has 1 spiro atoms. The van der Waals surface area contributed by atoms with E-state index in [1.807, 2.05) is 47.1 Å². The first-order valence-electron chi connectivity index (χ1n) is 9.43. The Labute approximate surface area is 148 Å². The number of benzene rings is 1. The summed E-state index contributed by atoms with van der Waals surface area (Å²) in [6.07, 6.45) is 8.00. The molecule has 0 unspecified atom stereocenters. The average molecular weight is 341 g/mol. The van der Waals surface area contributed by atoms with Gasteiger partial charge in [-0.1, -0.05) is 31.0 Å². The predicted octanol–water partition coefficient (Wildman–Crippen LogP) is 3.23. The summed E-state index contributed by atoms with van der Waals surface area (Å²) in [6, 6.07) is 8.33. The number of carbonyl (C=O) groups excluding carboxylic acids is 1. The molecule has 2 saturated carbocycles. The molecule has 0 aliphatic heterocycles. The molecule has 25 heavy (non-hydrogen) atoms.